The number of benzene rings is 1. The molecule has 1 heterocycles. The monoisotopic (exact) mass is 386 g/mol. The van der Waals surface area contributed by atoms with Crippen molar-refractivity contribution in [3.05, 3.63) is 34.1 Å². The van der Waals surface area contributed by atoms with E-state index in [1.807, 2.05) is 27.7 Å². The minimum absolute atomic E-state index is 0.0371. The number of methoxy groups -OCH3 is 1. The Morgan fingerprint density at radius 2 is 1.87 bits per heavy atom. The van der Waals surface area contributed by atoms with Crippen molar-refractivity contribution in [2.75, 3.05) is 7.11 Å². The maximum atomic E-state index is 13.7. The first-order chi connectivity index (χ1) is 10.6. The molecule has 2 rings (SSSR count). The van der Waals surface area contributed by atoms with Gasteiger partial charge in [0, 0.05) is 10.3 Å². The summed E-state index contributed by atoms with van der Waals surface area (Å²) in [7, 11) is 0.654. The average Bonchev–Trinajstić information content (AvgIpc) is 2.67. The highest BCUT2D eigenvalue weighted by Crippen LogP contribution is 2.43. The van der Waals surface area contributed by atoms with E-state index in [0.29, 0.717) is 10.0 Å². The van der Waals surface area contributed by atoms with Crippen LogP contribution < -0.4 is 0 Å². The maximum Gasteiger partial charge on any atom is 0.466 e. The van der Waals surface area contributed by atoms with E-state index in [1.54, 1.807) is 6.07 Å². The second-order valence-corrected chi connectivity index (χ2v) is 7.53. The normalized spacial score (nSPS) is 20.4. The highest BCUT2D eigenvalue weighted by molar-refractivity contribution is 9.10. The summed E-state index contributed by atoms with van der Waals surface area (Å²) in [6.45, 7) is 7.73. The summed E-state index contributed by atoms with van der Waals surface area (Å²) in [5.41, 5.74) is -0.452. The van der Waals surface area contributed by atoms with Gasteiger partial charge < -0.3 is 14.0 Å². The lowest BCUT2D eigenvalue weighted by Gasteiger charge is -2.32. The molecule has 0 radical (unpaired) electrons. The summed E-state index contributed by atoms with van der Waals surface area (Å²) in [6, 6.07) is 4.36. The number of carbonyl (C=O) groups is 1. The van der Waals surface area contributed by atoms with Crippen molar-refractivity contribution in [2.24, 2.45) is 0 Å². The van der Waals surface area contributed by atoms with Gasteiger partial charge in [-0.05, 0) is 51.5 Å². The first-order valence-electron chi connectivity index (χ1n) is 7.45. The molecule has 0 spiro atoms. The number of hydrogen-bond donors (Lipinski definition) is 0. The van der Waals surface area contributed by atoms with Crippen molar-refractivity contribution in [3.8, 4) is 0 Å². The number of carbonyl (C=O) groups excluding carboxylic acids is 1. The van der Waals surface area contributed by atoms with E-state index in [4.69, 9.17) is 14.0 Å². The van der Waals surface area contributed by atoms with Crippen LogP contribution in [-0.4, -0.2) is 31.4 Å². The lowest BCUT2D eigenvalue weighted by molar-refractivity contribution is -0.140. The van der Waals surface area contributed by atoms with E-state index in [1.165, 1.54) is 19.2 Å². The Balaban J connectivity index is 2.40. The third kappa shape index (κ3) is 3.78. The predicted molar refractivity (Wildman–Crippen MR) is 89.6 cm³/mol. The molecular weight excluding hydrogens is 366 g/mol. The van der Waals surface area contributed by atoms with Crippen LogP contribution in [0.4, 0.5) is 4.39 Å². The second-order valence-electron chi connectivity index (χ2n) is 6.68. The Kier molecular flexibility index (Phi) is 5.23. The molecule has 1 saturated heterocycles. The second kappa shape index (κ2) is 6.53. The standard InChI is InChI=1S/C16H21BBrFO4/c1-15(2)16(3,4)23-17(22-15)12(9-14(20)21-5)11-8-10(19)6-7-13(11)18/h6-8,12H,9H2,1-5H3. The zero-order valence-corrected chi connectivity index (χ0v) is 15.6. The fourth-order valence-electron chi connectivity index (χ4n) is 2.47. The molecule has 1 aliphatic heterocycles. The van der Waals surface area contributed by atoms with Gasteiger partial charge in [0.1, 0.15) is 5.82 Å². The van der Waals surface area contributed by atoms with E-state index in [-0.39, 0.29) is 12.2 Å². The fraction of sp³-hybridized carbons (Fsp3) is 0.562. The number of hydrogen-bond acceptors (Lipinski definition) is 4. The zero-order chi connectivity index (χ0) is 17.4. The van der Waals surface area contributed by atoms with Crippen LogP contribution in [0.3, 0.4) is 0 Å². The summed E-state index contributed by atoms with van der Waals surface area (Å²) >= 11 is 3.42. The first-order valence-corrected chi connectivity index (χ1v) is 8.24. The van der Waals surface area contributed by atoms with Gasteiger partial charge in [-0.15, -0.1) is 0 Å². The van der Waals surface area contributed by atoms with Gasteiger partial charge in [-0.3, -0.25) is 4.79 Å². The van der Waals surface area contributed by atoms with Gasteiger partial charge in [-0.1, -0.05) is 15.9 Å². The minimum Gasteiger partial charge on any atom is -0.469 e. The molecule has 126 valence electrons. The summed E-state index contributed by atoms with van der Waals surface area (Å²) in [6.07, 6.45) is 0.0371. The van der Waals surface area contributed by atoms with Crippen molar-refractivity contribution < 1.29 is 23.2 Å². The summed E-state index contributed by atoms with van der Waals surface area (Å²) in [5.74, 6) is -1.26. The smallest absolute Gasteiger partial charge is 0.466 e. The molecule has 1 atom stereocenters. The van der Waals surface area contributed by atoms with E-state index in [9.17, 15) is 9.18 Å². The van der Waals surface area contributed by atoms with Crippen LogP contribution in [0.5, 0.6) is 0 Å². The Hall–Kier alpha value is -0.915. The molecular formula is C16H21BBrFO4. The van der Waals surface area contributed by atoms with Gasteiger partial charge in [0.25, 0.3) is 0 Å². The zero-order valence-electron chi connectivity index (χ0n) is 14.0. The van der Waals surface area contributed by atoms with Crippen LogP contribution in [-0.2, 0) is 18.8 Å². The van der Waals surface area contributed by atoms with Crippen LogP contribution in [0.2, 0.25) is 0 Å². The molecule has 4 nitrogen and oxygen atoms in total. The minimum atomic E-state index is -0.669. The van der Waals surface area contributed by atoms with Crippen molar-refractivity contribution in [3.63, 3.8) is 0 Å². The van der Waals surface area contributed by atoms with Gasteiger partial charge in [-0.2, -0.15) is 0 Å². The van der Waals surface area contributed by atoms with Crippen molar-refractivity contribution in [2.45, 2.75) is 51.1 Å². The summed E-state index contributed by atoms with van der Waals surface area (Å²) in [4.78, 5) is 11.8. The average molecular weight is 387 g/mol. The Morgan fingerprint density at radius 1 is 1.30 bits per heavy atom. The van der Waals surface area contributed by atoms with E-state index < -0.39 is 30.1 Å². The van der Waals surface area contributed by atoms with Gasteiger partial charge in [0.15, 0.2) is 0 Å². The largest absolute Gasteiger partial charge is 0.469 e. The molecule has 1 unspecified atom stereocenters. The molecule has 23 heavy (non-hydrogen) atoms. The number of ether oxygens (including phenoxy) is 1. The number of esters is 1. The van der Waals surface area contributed by atoms with Crippen molar-refractivity contribution >= 4 is 29.0 Å². The molecule has 0 aromatic heterocycles. The van der Waals surface area contributed by atoms with Gasteiger partial charge in [-0.25, -0.2) is 4.39 Å². The molecule has 0 saturated carbocycles. The summed E-state index contributed by atoms with van der Waals surface area (Å²) < 4.78 is 31.3. The molecule has 0 bridgehead atoms. The highest BCUT2D eigenvalue weighted by atomic mass is 79.9. The molecule has 7 heteroatoms. The maximum absolute atomic E-state index is 13.7. The quantitative estimate of drug-likeness (QED) is 0.582. The first kappa shape index (κ1) is 18.4. The number of rotatable bonds is 4. The molecule has 0 aliphatic carbocycles. The Morgan fingerprint density at radius 3 is 2.39 bits per heavy atom. The lowest BCUT2D eigenvalue weighted by Crippen LogP contribution is -2.41. The van der Waals surface area contributed by atoms with Crippen LogP contribution in [0.25, 0.3) is 0 Å². The summed E-state index contributed by atoms with van der Waals surface area (Å²) in [5, 5.41) is 0. The SMILES string of the molecule is COC(=O)CC(B1OC(C)(C)C(C)(C)O1)c1cc(F)ccc1Br. The molecule has 0 amide bonds. The molecule has 1 aromatic rings. The van der Waals surface area contributed by atoms with Gasteiger partial charge in [0.05, 0.1) is 24.7 Å². The van der Waals surface area contributed by atoms with Crippen LogP contribution in [0.15, 0.2) is 22.7 Å². The Labute approximate surface area is 145 Å². The van der Waals surface area contributed by atoms with Gasteiger partial charge in [0.2, 0.25) is 0 Å². The fourth-order valence-corrected chi connectivity index (χ4v) is 3.01. The molecule has 0 N–H and O–H groups in total. The van der Waals surface area contributed by atoms with Crippen LogP contribution >= 0.6 is 15.9 Å². The van der Waals surface area contributed by atoms with Crippen LogP contribution in [0.1, 0.15) is 45.5 Å². The molecule has 1 aromatic carbocycles. The Bertz CT molecular complexity index is 590. The topological polar surface area (TPSA) is 44.8 Å². The molecule has 1 aliphatic rings. The predicted octanol–water partition coefficient (Wildman–Crippen LogP) is 3.87. The van der Waals surface area contributed by atoms with E-state index in [2.05, 4.69) is 15.9 Å². The third-order valence-corrected chi connectivity index (χ3v) is 5.29. The van der Waals surface area contributed by atoms with E-state index in [0.717, 1.165) is 0 Å². The number of halogens is 2. The van der Waals surface area contributed by atoms with Crippen molar-refractivity contribution in [1.29, 1.82) is 0 Å². The molecule has 1 fully saturated rings. The van der Waals surface area contributed by atoms with Gasteiger partial charge >= 0.3 is 13.1 Å². The lowest BCUT2D eigenvalue weighted by atomic mass is 9.66. The van der Waals surface area contributed by atoms with Crippen molar-refractivity contribution in [1.82, 2.24) is 0 Å². The highest BCUT2D eigenvalue weighted by Gasteiger charge is 2.54. The van der Waals surface area contributed by atoms with Crippen LogP contribution in [0, 0.1) is 5.82 Å². The van der Waals surface area contributed by atoms with E-state index >= 15 is 0 Å². The third-order valence-electron chi connectivity index (χ3n) is 4.57.